The first-order valence-corrected chi connectivity index (χ1v) is 6.73. The molecule has 2 unspecified atom stereocenters. The van der Waals surface area contributed by atoms with E-state index < -0.39 is 11.9 Å². The van der Waals surface area contributed by atoms with E-state index in [1.54, 1.807) is 9.80 Å². The molecular weight excluding hydrogens is 248 g/mol. The summed E-state index contributed by atoms with van der Waals surface area (Å²) < 4.78 is 5.77. The Bertz CT molecular complexity index is 383. The molecule has 19 heavy (non-hydrogen) atoms. The van der Waals surface area contributed by atoms with Crippen LogP contribution in [0.3, 0.4) is 0 Å². The Labute approximate surface area is 113 Å². The quantitative estimate of drug-likeness (QED) is 0.772. The largest absolute Gasteiger partial charge is 0.481 e. The second-order valence-electron chi connectivity index (χ2n) is 6.12. The first-order valence-electron chi connectivity index (χ1n) is 6.73. The summed E-state index contributed by atoms with van der Waals surface area (Å²) in [4.78, 5) is 26.8. The average molecular weight is 270 g/mol. The lowest BCUT2D eigenvalue weighted by Crippen LogP contribution is -2.56. The minimum Gasteiger partial charge on any atom is -0.481 e. The van der Waals surface area contributed by atoms with Gasteiger partial charge in [0, 0.05) is 19.6 Å². The van der Waals surface area contributed by atoms with Crippen molar-refractivity contribution in [3.05, 3.63) is 0 Å². The van der Waals surface area contributed by atoms with Gasteiger partial charge in [-0.3, -0.25) is 4.79 Å². The van der Waals surface area contributed by atoms with Gasteiger partial charge in [0.15, 0.2) is 0 Å². The first kappa shape index (κ1) is 14.1. The number of nitrogens with zero attached hydrogens (tertiary/aromatic N) is 2. The fourth-order valence-electron chi connectivity index (χ4n) is 2.94. The molecule has 0 spiro atoms. The molecule has 2 aliphatic heterocycles. The molecule has 2 rings (SSSR count). The zero-order valence-corrected chi connectivity index (χ0v) is 11.8. The van der Waals surface area contributed by atoms with Crippen LogP contribution in [0.5, 0.6) is 0 Å². The summed E-state index contributed by atoms with van der Waals surface area (Å²) in [5, 5.41) is 8.98. The molecule has 2 amide bonds. The molecule has 108 valence electrons. The van der Waals surface area contributed by atoms with Gasteiger partial charge in [0.2, 0.25) is 0 Å². The van der Waals surface area contributed by atoms with Gasteiger partial charge in [0.1, 0.15) is 0 Å². The van der Waals surface area contributed by atoms with E-state index in [0.717, 1.165) is 0 Å². The lowest BCUT2D eigenvalue weighted by atomic mass is 10.1. The Kier molecular flexibility index (Phi) is 3.71. The van der Waals surface area contributed by atoms with Crippen molar-refractivity contribution in [1.29, 1.82) is 0 Å². The van der Waals surface area contributed by atoms with Gasteiger partial charge in [-0.2, -0.15) is 0 Å². The summed E-state index contributed by atoms with van der Waals surface area (Å²) in [7, 11) is 0. The maximum atomic E-state index is 12.4. The van der Waals surface area contributed by atoms with Gasteiger partial charge in [-0.05, 0) is 27.2 Å². The highest BCUT2D eigenvalue weighted by Crippen LogP contribution is 2.24. The molecule has 1 N–H and O–H groups in total. The number of amides is 2. The van der Waals surface area contributed by atoms with Crippen molar-refractivity contribution >= 4 is 12.0 Å². The number of likely N-dealkylation sites (tertiary alicyclic amines) is 1. The maximum Gasteiger partial charge on any atom is 0.320 e. The number of rotatable bonds is 1. The van der Waals surface area contributed by atoms with E-state index in [-0.39, 0.29) is 17.7 Å². The summed E-state index contributed by atoms with van der Waals surface area (Å²) >= 11 is 0. The predicted molar refractivity (Wildman–Crippen MR) is 68.9 cm³/mol. The highest BCUT2D eigenvalue weighted by Gasteiger charge is 2.38. The van der Waals surface area contributed by atoms with Gasteiger partial charge in [-0.15, -0.1) is 0 Å². The Morgan fingerprint density at radius 2 is 1.95 bits per heavy atom. The number of carboxylic acid groups (broad SMARTS) is 1. The average Bonchev–Trinajstić information content (AvgIpc) is 2.74. The number of ether oxygens (including phenoxy) is 1. The van der Waals surface area contributed by atoms with Crippen LogP contribution in [0.25, 0.3) is 0 Å². The van der Waals surface area contributed by atoms with Crippen LogP contribution in [-0.2, 0) is 9.53 Å². The Morgan fingerprint density at radius 1 is 1.26 bits per heavy atom. The number of urea groups is 1. The number of carboxylic acids is 1. The van der Waals surface area contributed by atoms with E-state index in [2.05, 4.69) is 0 Å². The third-order valence-corrected chi connectivity index (χ3v) is 3.65. The molecule has 2 aliphatic rings. The highest BCUT2D eigenvalue weighted by atomic mass is 16.5. The summed E-state index contributed by atoms with van der Waals surface area (Å²) in [6.07, 6.45) is 0.551. The molecule has 2 saturated heterocycles. The molecule has 0 aromatic carbocycles. The Morgan fingerprint density at radius 3 is 2.47 bits per heavy atom. The van der Waals surface area contributed by atoms with Gasteiger partial charge in [0.25, 0.3) is 0 Å². The minimum atomic E-state index is -0.814. The fourth-order valence-corrected chi connectivity index (χ4v) is 2.94. The van der Waals surface area contributed by atoms with Crippen molar-refractivity contribution in [3.8, 4) is 0 Å². The van der Waals surface area contributed by atoms with Crippen LogP contribution in [0.2, 0.25) is 0 Å². The molecule has 0 bridgehead atoms. The third-order valence-electron chi connectivity index (χ3n) is 3.65. The second kappa shape index (κ2) is 5.00. The molecule has 2 heterocycles. The van der Waals surface area contributed by atoms with Gasteiger partial charge >= 0.3 is 12.0 Å². The molecule has 2 fully saturated rings. The van der Waals surface area contributed by atoms with Crippen LogP contribution in [0.1, 0.15) is 27.2 Å². The van der Waals surface area contributed by atoms with Crippen molar-refractivity contribution in [2.75, 3.05) is 26.2 Å². The molecule has 0 aliphatic carbocycles. The third kappa shape index (κ3) is 3.18. The topological polar surface area (TPSA) is 70.1 Å². The first-order chi connectivity index (χ1) is 8.78. The number of hydrogen-bond acceptors (Lipinski definition) is 3. The SMILES string of the molecule is CC1CN(C(=O)N2CCC(C(=O)O)C2)CC(C)(C)O1. The van der Waals surface area contributed by atoms with Gasteiger partial charge in [-0.25, -0.2) is 4.79 Å². The van der Waals surface area contributed by atoms with Gasteiger partial charge in [0.05, 0.1) is 24.2 Å². The molecule has 0 saturated carbocycles. The highest BCUT2D eigenvalue weighted by molar-refractivity contribution is 5.77. The van der Waals surface area contributed by atoms with E-state index >= 15 is 0 Å². The van der Waals surface area contributed by atoms with Crippen LogP contribution in [0.4, 0.5) is 4.79 Å². The molecule has 6 nitrogen and oxygen atoms in total. The number of hydrogen-bond donors (Lipinski definition) is 1. The molecule has 2 atom stereocenters. The summed E-state index contributed by atoms with van der Waals surface area (Å²) in [6.45, 7) is 7.84. The van der Waals surface area contributed by atoms with Crippen molar-refractivity contribution in [1.82, 2.24) is 9.80 Å². The van der Waals surface area contributed by atoms with E-state index in [9.17, 15) is 9.59 Å². The van der Waals surface area contributed by atoms with Crippen LogP contribution >= 0.6 is 0 Å². The van der Waals surface area contributed by atoms with E-state index in [1.807, 2.05) is 20.8 Å². The number of carbonyl (C=O) groups excluding carboxylic acids is 1. The normalized spacial score (nSPS) is 30.5. The molecule has 6 heteroatoms. The smallest absolute Gasteiger partial charge is 0.320 e. The Balaban J connectivity index is 1.98. The maximum absolute atomic E-state index is 12.4. The summed E-state index contributed by atoms with van der Waals surface area (Å²) in [5.74, 6) is -1.23. The Hall–Kier alpha value is -1.30. The van der Waals surface area contributed by atoms with Crippen molar-refractivity contribution < 1.29 is 19.4 Å². The fraction of sp³-hybridized carbons (Fsp3) is 0.846. The second-order valence-corrected chi connectivity index (χ2v) is 6.12. The van der Waals surface area contributed by atoms with Crippen LogP contribution in [-0.4, -0.2) is 64.8 Å². The number of morpholine rings is 1. The number of carbonyl (C=O) groups is 2. The lowest BCUT2D eigenvalue weighted by Gasteiger charge is -2.42. The van der Waals surface area contributed by atoms with Crippen LogP contribution in [0, 0.1) is 5.92 Å². The van der Waals surface area contributed by atoms with Crippen molar-refractivity contribution in [2.24, 2.45) is 5.92 Å². The zero-order chi connectivity index (χ0) is 14.2. The minimum absolute atomic E-state index is 0.00516. The monoisotopic (exact) mass is 270 g/mol. The predicted octanol–water partition coefficient (Wildman–Crippen LogP) is 1.01. The van der Waals surface area contributed by atoms with Crippen molar-refractivity contribution in [2.45, 2.75) is 38.9 Å². The zero-order valence-electron chi connectivity index (χ0n) is 11.8. The van der Waals surface area contributed by atoms with Crippen LogP contribution < -0.4 is 0 Å². The van der Waals surface area contributed by atoms with E-state index in [0.29, 0.717) is 32.6 Å². The van der Waals surface area contributed by atoms with Gasteiger partial charge < -0.3 is 19.6 Å². The molecule has 0 aromatic rings. The number of aliphatic carboxylic acids is 1. The summed E-state index contributed by atoms with van der Waals surface area (Å²) in [5.41, 5.74) is -0.348. The van der Waals surface area contributed by atoms with Gasteiger partial charge in [-0.1, -0.05) is 0 Å². The molecule has 0 aromatic heterocycles. The van der Waals surface area contributed by atoms with Crippen LogP contribution in [0.15, 0.2) is 0 Å². The molecule has 0 radical (unpaired) electrons. The van der Waals surface area contributed by atoms with E-state index in [4.69, 9.17) is 9.84 Å². The molecular formula is C13H22N2O4. The van der Waals surface area contributed by atoms with Crippen molar-refractivity contribution in [3.63, 3.8) is 0 Å². The standard InChI is InChI=1S/C13H22N2O4/c1-9-6-15(8-13(2,3)19-9)12(18)14-5-4-10(7-14)11(16)17/h9-10H,4-8H2,1-3H3,(H,16,17). The lowest BCUT2D eigenvalue weighted by molar-refractivity contribution is -0.141. The summed E-state index contributed by atoms with van der Waals surface area (Å²) in [6, 6.07) is -0.0630. The van der Waals surface area contributed by atoms with E-state index in [1.165, 1.54) is 0 Å².